The lowest BCUT2D eigenvalue weighted by atomic mass is 10.1. The van der Waals surface area contributed by atoms with Crippen molar-refractivity contribution >= 4 is 23.1 Å². The van der Waals surface area contributed by atoms with Crippen molar-refractivity contribution in [1.29, 1.82) is 0 Å². The fraction of sp³-hybridized carbons (Fsp3) is 0.182. The largest absolute Gasteiger partial charge is 0.492 e. The van der Waals surface area contributed by atoms with Crippen molar-refractivity contribution in [3.63, 3.8) is 0 Å². The molecule has 0 aliphatic heterocycles. The van der Waals surface area contributed by atoms with Crippen molar-refractivity contribution in [3.05, 3.63) is 77.5 Å². The first-order valence-corrected chi connectivity index (χ1v) is 8.89. The maximum absolute atomic E-state index is 12.7. The monoisotopic (exact) mass is 361 g/mol. The molecule has 1 aromatic heterocycles. The second-order valence-electron chi connectivity index (χ2n) is 6.31. The number of nitrogens with one attached hydrogen (secondary N) is 2. The zero-order chi connectivity index (χ0) is 19.2. The Labute approximate surface area is 159 Å². The molecule has 27 heavy (non-hydrogen) atoms. The number of benzene rings is 2. The van der Waals surface area contributed by atoms with Crippen molar-refractivity contribution < 1.29 is 9.53 Å². The van der Waals surface area contributed by atoms with Crippen LogP contribution in [0.4, 0.5) is 17.2 Å². The molecule has 0 saturated heterocycles. The molecule has 0 spiro atoms. The number of rotatable bonds is 6. The van der Waals surface area contributed by atoms with Gasteiger partial charge in [0, 0.05) is 17.4 Å². The van der Waals surface area contributed by atoms with Crippen LogP contribution < -0.4 is 15.4 Å². The van der Waals surface area contributed by atoms with Crippen LogP contribution >= 0.6 is 0 Å². The maximum Gasteiger partial charge on any atom is 0.255 e. The molecule has 2 aromatic carbocycles. The van der Waals surface area contributed by atoms with Crippen molar-refractivity contribution in [1.82, 2.24) is 4.98 Å². The highest BCUT2D eigenvalue weighted by Crippen LogP contribution is 2.25. The number of hydrogen-bond acceptors (Lipinski definition) is 4. The number of anilines is 3. The van der Waals surface area contributed by atoms with Crippen LogP contribution in [-0.4, -0.2) is 17.5 Å². The van der Waals surface area contributed by atoms with E-state index in [4.69, 9.17) is 4.74 Å². The van der Waals surface area contributed by atoms with Crippen LogP contribution in [0.5, 0.6) is 5.75 Å². The zero-order valence-electron chi connectivity index (χ0n) is 15.7. The second-order valence-corrected chi connectivity index (χ2v) is 6.31. The molecule has 0 fully saturated rings. The van der Waals surface area contributed by atoms with Gasteiger partial charge in [-0.15, -0.1) is 0 Å². The fourth-order valence-electron chi connectivity index (χ4n) is 2.88. The van der Waals surface area contributed by atoms with Crippen molar-refractivity contribution in [3.8, 4) is 5.75 Å². The predicted octanol–water partition coefficient (Wildman–Crippen LogP) is 5.09. The third kappa shape index (κ3) is 4.85. The molecule has 1 amide bonds. The number of hydrogen-bond donors (Lipinski definition) is 2. The molecule has 0 unspecified atom stereocenters. The minimum Gasteiger partial charge on any atom is -0.492 e. The Kier molecular flexibility index (Phi) is 5.71. The van der Waals surface area contributed by atoms with E-state index in [1.807, 2.05) is 57.2 Å². The third-order valence-electron chi connectivity index (χ3n) is 3.95. The number of carbonyl (C=O) groups is 1. The Balaban J connectivity index is 1.78. The minimum atomic E-state index is -0.215. The van der Waals surface area contributed by atoms with Crippen LogP contribution in [0.2, 0.25) is 0 Å². The lowest BCUT2D eigenvalue weighted by Gasteiger charge is -2.12. The topological polar surface area (TPSA) is 63.2 Å². The quantitative estimate of drug-likeness (QED) is 0.642. The van der Waals surface area contributed by atoms with E-state index in [0.717, 1.165) is 5.69 Å². The fourth-order valence-corrected chi connectivity index (χ4v) is 2.88. The van der Waals surface area contributed by atoms with Crippen LogP contribution in [0.1, 0.15) is 28.4 Å². The summed E-state index contributed by atoms with van der Waals surface area (Å²) in [5.74, 6) is 1.05. The highest BCUT2D eigenvalue weighted by atomic mass is 16.5. The molecule has 1 heterocycles. The molecular formula is C22H23N3O2. The summed E-state index contributed by atoms with van der Waals surface area (Å²) in [7, 11) is 0. The molecule has 0 saturated carbocycles. The SMILES string of the molecule is CCOc1ccccc1NC(=O)c1ccnc(Nc2cc(C)cc(C)c2)c1. The van der Waals surface area contributed by atoms with Crippen LogP contribution in [0, 0.1) is 13.8 Å². The van der Waals surface area contributed by atoms with E-state index >= 15 is 0 Å². The van der Waals surface area contributed by atoms with Gasteiger partial charge in [-0.3, -0.25) is 4.79 Å². The van der Waals surface area contributed by atoms with E-state index in [9.17, 15) is 4.79 Å². The summed E-state index contributed by atoms with van der Waals surface area (Å²) in [5, 5.41) is 6.16. The Morgan fingerprint density at radius 2 is 1.78 bits per heavy atom. The molecule has 2 N–H and O–H groups in total. The van der Waals surface area contributed by atoms with Gasteiger partial charge in [0.1, 0.15) is 11.6 Å². The summed E-state index contributed by atoms with van der Waals surface area (Å²) in [6.45, 7) is 6.54. The molecule has 0 aliphatic carbocycles. The van der Waals surface area contributed by atoms with Gasteiger partial charge in [0.05, 0.1) is 12.3 Å². The molecule has 3 aromatic rings. The van der Waals surface area contributed by atoms with Gasteiger partial charge in [-0.1, -0.05) is 18.2 Å². The number of carbonyl (C=O) groups excluding carboxylic acids is 1. The number of aryl methyl sites for hydroxylation is 2. The molecule has 0 aliphatic rings. The average molecular weight is 361 g/mol. The summed E-state index contributed by atoms with van der Waals surface area (Å²) in [5.41, 5.74) is 4.44. The number of aromatic nitrogens is 1. The van der Waals surface area contributed by atoms with Gasteiger partial charge in [-0.2, -0.15) is 0 Å². The van der Waals surface area contributed by atoms with Crippen LogP contribution in [0.25, 0.3) is 0 Å². The Bertz CT molecular complexity index is 934. The van der Waals surface area contributed by atoms with Crippen LogP contribution in [0.3, 0.4) is 0 Å². The van der Waals surface area contributed by atoms with Gasteiger partial charge in [0.2, 0.25) is 0 Å². The summed E-state index contributed by atoms with van der Waals surface area (Å²) in [6.07, 6.45) is 1.62. The predicted molar refractivity (Wildman–Crippen MR) is 109 cm³/mol. The Hall–Kier alpha value is -3.34. The molecule has 5 nitrogen and oxygen atoms in total. The Morgan fingerprint density at radius 1 is 1.04 bits per heavy atom. The first kappa shape index (κ1) is 18.5. The van der Waals surface area contributed by atoms with Gasteiger partial charge < -0.3 is 15.4 Å². The number of ether oxygens (including phenoxy) is 1. The summed E-state index contributed by atoms with van der Waals surface area (Å²) in [4.78, 5) is 17.0. The normalized spacial score (nSPS) is 10.3. The van der Waals surface area contributed by atoms with Gasteiger partial charge in [0.25, 0.3) is 5.91 Å². The third-order valence-corrected chi connectivity index (χ3v) is 3.95. The Morgan fingerprint density at radius 3 is 2.52 bits per heavy atom. The number of pyridine rings is 1. The zero-order valence-corrected chi connectivity index (χ0v) is 15.7. The molecule has 3 rings (SSSR count). The second kappa shape index (κ2) is 8.36. The smallest absolute Gasteiger partial charge is 0.255 e. The maximum atomic E-state index is 12.7. The van der Waals surface area contributed by atoms with Crippen LogP contribution in [0.15, 0.2) is 60.8 Å². The van der Waals surface area contributed by atoms with Gasteiger partial charge in [-0.25, -0.2) is 4.98 Å². The van der Waals surface area contributed by atoms with E-state index in [1.165, 1.54) is 11.1 Å². The molecule has 0 atom stereocenters. The summed E-state index contributed by atoms with van der Waals surface area (Å²) in [6, 6.07) is 17.0. The highest BCUT2D eigenvalue weighted by Gasteiger charge is 2.11. The first-order valence-electron chi connectivity index (χ1n) is 8.89. The van der Waals surface area contributed by atoms with E-state index in [1.54, 1.807) is 18.3 Å². The summed E-state index contributed by atoms with van der Waals surface area (Å²) >= 11 is 0. The average Bonchev–Trinajstić information content (AvgIpc) is 2.63. The number of para-hydroxylation sites is 2. The minimum absolute atomic E-state index is 0.215. The van der Waals surface area contributed by atoms with E-state index in [-0.39, 0.29) is 5.91 Å². The molecule has 5 heteroatoms. The number of amides is 1. The molecule has 0 radical (unpaired) electrons. The van der Waals surface area contributed by atoms with Crippen molar-refractivity contribution in [2.75, 3.05) is 17.2 Å². The van der Waals surface area contributed by atoms with Gasteiger partial charge >= 0.3 is 0 Å². The van der Waals surface area contributed by atoms with Crippen molar-refractivity contribution in [2.24, 2.45) is 0 Å². The standard InChI is InChI=1S/C22H23N3O2/c1-4-27-20-8-6-5-7-19(20)25-22(26)17-9-10-23-21(14-17)24-18-12-15(2)11-16(3)13-18/h5-14H,4H2,1-3H3,(H,23,24)(H,25,26). The van der Waals surface area contributed by atoms with Gasteiger partial charge in [-0.05, 0) is 68.3 Å². The molecule has 138 valence electrons. The van der Waals surface area contributed by atoms with E-state index < -0.39 is 0 Å². The number of nitrogens with zero attached hydrogens (tertiary/aromatic N) is 1. The van der Waals surface area contributed by atoms with Crippen molar-refractivity contribution in [2.45, 2.75) is 20.8 Å². The highest BCUT2D eigenvalue weighted by molar-refractivity contribution is 6.05. The van der Waals surface area contributed by atoms with E-state index in [0.29, 0.717) is 29.4 Å². The molecule has 0 bridgehead atoms. The summed E-state index contributed by atoms with van der Waals surface area (Å²) < 4.78 is 5.56. The molecular weight excluding hydrogens is 338 g/mol. The lowest BCUT2D eigenvalue weighted by Crippen LogP contribution is -2.13. The first-order chi connectivity index (χ1) is 13.0. The lowest BCUT2D eigenvalue weighted by molar-refractivity contribution is 0.102. The van der Waals surface area contributed by atoms with Crippen LogP contribution in [-0.2, 0) is 0 Å². The van der Waals surface area contributed by atoms with E-state index in [2.05, 4.69) is 21.7 Å². The van der Waals surface area contributed by atoms with Gasteiger partial charge in [0.15, 0.2) is 0 Å².